The largest absolute Gasteiger partial charge is 0.496 e. The van der Waals surface area contributed by atoms with Crippen LogP contribution in [-0.4, -0.2) is 24.9 Å². The predicted molar refractivity (Wildman–Crippen MR) is 71.0 cm³/mol. The maximum atomic E-state index is 11.6. The van der Waals surface area contributed by atoms with Gasteiger partial charge in [-0.2, -0.15) is 0 Å². The zero-order valence-electron chi connectivity index (χ0n) is 9.98. The second kappa shape index (κ2) is 4.43. The summed E-state index contributed by atoms with van der Waals surface area (Å²) in [7, 11) is 1.55. The molecule has 1 aromatic carbocycles. The van der Waals surface area contributed by atoms with Gasteiger partial charge in [0.25, 0.3) is 5.91 Å². The number of nitrogens with one attached hydrogen (secondary N) is 2. The third-order valence-corrected chi connectivity index (χ3v) is 2.95. The van der Waals surface area contributed by atoms with Gasteiger partial charge in [0.15, 0.2) is 16.6 Å². The van der Waals surface area contributed by atoms with E-state index in [0.717, 1.165) is 0 Å². The lowest BCUT2D eigenvalue weighted by atomic mass is 10.1. The van der Waals surface area contributed by atoms with Crippen molar-refractivity contribution in [3.05, 3.63) is 23.4 Å². The summed E-state index contributed by atoms with van der Waals surface area (Å²) in [5.74, 6) is 1.56. The maximum absolute atomic E-state index is 11.6. The first kappa shape index (κ1) is 11.8. The Morgan fingerprint density at radius 2 is 2.05 bits per heavy atom. The molecule has 0 bridgehead atoms. The summed E-state index contributed by atoms with van der Waals surface area (Å²) in [6, 6.07) is 3.48. The Morgan fingerprint density at radius 1 is 1.32 bits per heavy atom. The molecule has 7 heteroatoms. The first-order valence-corrected chi connectivity index (χ1v) is 5.90. The molecule has 1 saturated heterocycles. The van der Waals surface area contributed by atoms with E-state index < -0.39 is 0 Å². The van der Waals surface area contributed by atoms with Crippen LogP contribution in [0.4, 0.5) is 0 Å². The SMILES string of the molecule is COc1cc2c(cc1/C=C1/NC(=S)NC1=O)OCO2. The van der Waals surface area contributed by atoms with Crippen molar-refractivity contribution < 1.29 is 19.0 Å². The van der Waals surface area contributed by atoms with Crippen LogP contribution in [0.1, 0.15) is 5.56 Å². The van der Waals surface area contributed by atoms with Crippen LogP contribution in [0.15, 0.2) is 17.8 Å². The molecule has 2 N–H and O–H groups in total. The molecular formula is C12H10N2O4S. The quantitative estimate of drug-likeness (QED) is 0.615. The minimum absolute atomic E-state index is 0.182. The lowest BCUT2D eigenvalue weighted by Gasteiger charge is -2.07. The highest BCUT2D eigenvalue weighted by Gasteiger charge is 2.22. The fourth-order valence-electron chi connectivity index (χ4n) is 1.87. The molecule has 0 aromatic heterocycles. The van der Waals surface area contributed by atoms with Gasteiger partial charge in [-0.15, -0.1) is 0 Å². The maximum Gasteiger partial charge on any atom is 0.273 e. The van der Waals surface area contributed by atoms with Gasteiger partial charge < -0.3 is 19.5 Å². The summed E-state index contributed by atoms with van der Waals surface area (Å²) in [5, 5.41) is 5.56. The van der Waals surface area contributed by atoms with Crippen molar-refractivity contribution in [3.8, 4) is 17.2 Å². The topological polar surface area (TPSA) is 68.8 Å². The molecule has 0 spiro atoms. The number of thiocarbonyl (C=S) groups is 1. The Bertz CT molecular complexity index is 612. The number of hydrogen-bond donors (Lipinski definition) is 2. The molecule has 0 radical (unpaired) electrons. The molecule has 1 aromatic rings. The molecule has 0 unspecified atom stereocenters. The molecule has 0 saturated carbocycles. The average Bonchev–Trinajstić information content (AvgIpc) is 2.95. The van der Waals surface area contributed by atoms with Gasteiger partial charge in [0.05, 0.1) is 7.11 Å². The summed E-state index contributed by atoms with van der Waals surface area (Å²) >= 11 is 4.87. The summed E-state index contributed by atoms with van der Waals surface area (Å²) < 4.78 is 15.8. The molecule has 98 valence electrons. The van der Waals surface area contributed by atoms with E-state index in [0.29, 0.717) is 28.5 Å². The molecule has 3 rings (SSSR count). The fraction of sp³-hybridized carbons (Fsp3) is 0.167. The number of amides is 1. The fourth-order valence-corrected chi connectivity index (χ4v) is 2.07. The van der Waals surface area contributed by atoms with Gasteiger partial charge in [0.1, 0.15) is 11.4 Å². The zero-order chi connectivity index (χ0) is 13.4. The van der Waals surface area contributed by atoms with Gasteiger partial charge in [0.2, 0.25) is 6.79 Å². The highest BCUT2D eigenvalue weighted by molar-refractivity contribution is 7.80. The summed E-state index contributed by atoms with van der Waals surface area (Å²) in [6.07, 6.45) is 1.65. The minimum atomic E-state index is -0.273. The van der Waals surface area contributed by atoms with Gasteiger partial charge in [-0.05, 0) is 24.4 Å². The molecule has 1 fully saturated rings. The van der Waals surface area contributed by atoms with Crippen LogP contribution >= 0.6 is 12.2 Å². The summed E-state index contributed by atoms with van der Waals surface area (Å²) in [5.41, 5.74) is 1.07. The number of benzene rings is 1. The Morgan fingerprint density at radius 3 is 2.68 bits per heavy atom. The number of fused-ring (bicyclic) bond motifs is 1. The normalized spacial score (nSPS) is 18.5. The van der Waals surface area contributed by atoms with E-state index in [4.69, 9.17) is 26.4 Å². The first-order chi connectivity index (χ1) is 9.17. The van der Waals surface area contributed by atoms with E-state index in [9.17, 15) is 4.79 Å². The summed E-state index contributed by atoms with van der Waals surface area (Å²) in [6.45, 7) is 0.182. The van der Waals surface area contributed by atoms with Crippen molar-refractivity contribution in [2.75, 3.05) is 13.9 Å². The van der Waals surface area contributed by atoms with Gasteiger partial charge >= 0.3 is 0 Å². The van der Waals surface area contributed by atoms with Crippen molar-refractivity contribution in [1.29, 1.82) is 0 Å². The number of rotatable bonds is 2. The van der Waals surface area contributed by atoms with Crippen LogP contribution < -0.4 is 24.8 Å². The molecule has 6 nitrogen and oxygen atoms in total. The number of hydrogen-bond acceptors (Lipinski definition) is 5. The standard InChI is InChI=1S/C12H10N2O4S/c1-16-8-4-10-9(17-5-18-10)3-6(8)2-7-11(15)14-12(19)13-7/h2-4H,5H2,1H3,(H2,13,14,15,19)/b7-2+. The van der Waals surface area contributed by atoms with E-state index in [1.54, 1.807) is 25.3 Å². The Labute approximate surface area is 114 Å². The van der Waals surface area contributed by atoms with Crippen LogP contribution in [0.3, 0.4) is 0 Å². The van der Waals surface area contributed by atoms with Crippen LogP contribution in [0, 0.1) is 0 Å². The van der Waals surface area contributed by atoms with Crippen molar-refractivity contribution >= 4 is 29.3 Å². The van der Waals surface area contributed by atoms with E-state index in [1.165, 1.54) is 0 Å². The molecule has 0 atom stereocenters. The van der Waals surface area contributed by atoms with Gasteiger partial charge in [-0.3, -0.25) is 10.1 Å². The highest BCUT2D eigenvalue weighted by atomic mass is 32.1. The number of carbonyl (C=O) groups excluding carboxylic acids is 1. The van der Waals surface area contributed by atoms with Crippen molar-refractivity contribution in [3.63, 3.8) is 0 Å². The molecule has 2 aliphatic rings. The van der Waals surface area contributed by atoms with Crippen molar-refractivity contribution in [2.45, 2.75) is 0 Å². The number of carbonyl (C=O) groups is 1. The minimum Gasteiger partial charge on any atom is -0.496 e. The van der Waals surface area contributed by atoms with E-state index in [2.05, 4.69) is 10.6 Å². The molecule has 19 heavy (non-hydrogen) atoms. The number of ether oxygens (including phenoxy) is 3. The Hall–Kier alpha value is -2.28. The second-order valence-corrected chi connectivity index (χ2v) is 4.32. The Balaban J connectivity index is 2.03. The van der Waals surface area contributed by atoms with Crippen LogP contribution in [0.25, 0.3) is 6.08 Å². The van der Waals surface area contributed by atoms with E-state index in [1.807, 2.05) is 0 Å². The van der Waals surface area contributed by atoms with Gasteiger partial charge in [-0.25, -0.2) is 0 Å². The van der Waals surface area contributed by atoms with Crippen molar-refractivity contribution in [2.24, 2.45) is 0 Å². The number of methoxy groups -OCH3 is 1. The Kier molecular flexibility index (Phi) is 2.75. The lowest BCUT2D eigenvalue weighted by molar-refractivity contribution is -0.115. The molecule has 1 amide bonds. The van der Waals surface area contributed by atoms with Crippen LogP contribution in [0.2, 0.25) is 0 Å². The average molecular weight is 278 g/mol. The zero-order valence-corrected chi connectivity index (χ0v) is 10.8. The summed E-state index contributed by atoms with van der Waals surface area (Å²) in [4.78, 5) is 11.6. The smallest absolute Gasteiger partial charge is 0.273 e. The molecule has 2 heterocycles. The molecule has 0 aliphatic carbocycles. The monoisotopic (exact) mass is 278 g/mol. The molecular weight excluding hydrogens is 268 g/mol. The van der Waals surface area contributed by atoms with E-state index >= 15 is 0 Å². The van der Waals surface area contributed by atoms with Crippen LogP contribution in [0.5, 0.6) is 17.2 Å². The van der Waals surface area contributed by atoms with Crippen molar-refractivity contribution in [1.82, 2.24) is 10.6 Å². The molecule has 2 aliphatic heterocycles. The van der Waals surface area contributed by atoms with Gasteiger partial charge in [0, 0.05) is 11.6 Å². The van der Waals surface area contributed by atoms with Crippen LogP contribution in [-0.2, 0) is 4.79 Å². The third kappa shape index (κ3) is 2.08. The predicted octanol–water partition coefficient (Wildman–Crippen LogP) is 0.769. The van der Waals surface area contributed by atoms with Gasteiger partial charge in [-0.1, -0.05) is 0 Å². The lowest BCUT2D eigenvalue weighted by Crippen LogP contribution is -2.21. The third-order valence-electron chi connectivity index (χ3n) is 2.74. The highest BCUT2D eigenvalue weighted by Crippen LogP contribution is 2.38. The first-order valence-electron chi connectivity index (χ1n) is 5.49. The van der Waals surface area contributed by atoms with E-state index in [-0.39, 0.29) is 17.8 Å². The second-order valence-electron chi connectivity index (χ2n) is 3.91.